The molecule has 0 heterocycles. The van der Waals surface area contributed by atoms with Crippen LogP contribution in [0, 0.1) is 0 Å². The number of hydrogen-bond acceptors (Lipinski definition) is 1. The topological polar surface area (TPSA) is 9.23 Å². The highest BCUT2D eigenvalue weighted by atomic mass is 28.1. The van der Waals surface area contributed by atoms with E-state index in [2.05, 4.69) is 18.2 Å². The Labute approximate surface area is 89.2 Å². The van der Waals surface area contributed by atoms with E-state index in [1.54, 1.807) is 0 Å². The van der Waals surface area contributed by atoms with E-state index >= 15 is 0 Å². The van der Waals surface area contributed by atoms with E-state index in [9.17, 15) is 0 Å². The first-order chi connectivity index (χ1) is 6.86. The minimum atomic E-state index is 0.854. The minimum absolute atomic E-state index is 0.854. The average molecular weight is 206 g/mol. The zero-order valence-corrected chi connectivity index (χ0v) is 11.0. The lowest BCUT2D eigenvalue weighted by atomic mass is 10.2. The summed E-state index contributed by atoms with van der Waals surface area (Å²) in [4.78, 5) is 0. The predicted molar refractivity (Wildman–Crippen MR) is 66.0 cm³/mol. The molecule has 14 heavy (non-hydrogen) atoms. The summed E-state index contributed by atoms with van der Waals surface area (Å²) >= 11 is 0. The number of rotatable bonds is 5. The molecule has 0 radical (unpaired) electrons. The molecule has 1 nitrogen and oxygen atoms in total. The third kappa shape index (κ3) is 3.79. The molecular weight excluding hydrogens is 188 g/mol. The monoisotopic (exact) mass is 206 g/mol. The van der Waals surface area contributed by atoms with Crippen molar-refractivity contribution >= 4 is 16.3 Å². The van der Waals surface area contributed by atoms with Crippen molar-refractivity contribution in [3.05, 3.63) is 35.9 Å². The molecule has 0 spiro atoms. The van der Waals surface area contributed by atoms with E-state index in [0.717, 1.165) is 12.4 Å². The van der Waals surface area contributed by atoms with Crippen molar-refractivity contribution in [3.63, 3.8) is 0 Å². The molecule has 0 bridgehead atoms. The molecule has 1 aromatic carbocycles. The van der Waals surface area contributed by atoms with Crippen molar-refractivity contribution < 1.29 is 4.74 Å². The van der Waals surface area contributed by atoms with Crippen LogP contribution < -0.4 is 4.74 Å². The second-order valence-corrected chi connectivity index (χ2v) is 4.27. The number of ether oxygens (including phenoxy) is 1. The van der Waals surface area contributed by atoms with Crippen molar-refractivity contribution in [3.8, 4) is 5.75 Å². The highest BCUT2D eigenvalue weighted by Gasteiger charge is 1.92. The molecule has 0 aliphatic heterocycles. The van der Waals surface area contributed by atoms with E-state index < -0.39 is 0 Å². The Morgan fingerprint density at radius 3 is 2.57 bits per heavy atom. The molecule has 76 valence electrons. The zero-order valence-electron chi connectivity index (χ0n) is 8.99. The van der Waals surface area contributed by atoms with Gasteiger partial charge in [0.15, 0.2) is 0 Å². The fourth-order valence-electron chi connectivity index (χ4n) is 1.20. The summed E-state index contributed by atoms with van der Waals surface area (Å²) < 4.78 is 5.58. The maximum absolute atomic E-state index is 5.58. The van der Waals surface area contributed by atoms with Crippen LogP contribution in [0.4, 0.5) is 0 Å². The standard InChI is InChI=1S/C12H18OSi/c1-2-4-11-5-7-12(8-6-11)13-9-3-10-14/h2,4-8H,3,9-10H2,1,14H3/b4-2+. The summed E-state index contributed by atoms with van der Waals surface area (Å²) in [7, 11) is 1.28. The fraction of sp³-hybridized carbons (Fsp3) is 0.333. The minimum Gasteiger partial charge on any atom is -0.494 e. The molecule has 0 atom stereocenters. The number of hydrogen-bond donors (Lipinski definition) is 0. The quantitative estimate of drug-likeness (QED) is 0.530. The van der Waals surface area contributed by atoms with Crippen LogP contribution >= 0.6 is 0 Å². The zero-order chi connectivity index (χ0) is 10.2. The average Bonchev–Trinajstić information content (AvgIpc) is 2.21. The van der Waals surface area contributed by atoms with Crippen LogP contribution in [0.3, 0.4) is 0 Å². The van der Waals surface area contributed by atoms with Gasteiger partial charge >= 0.3 is 0 Å². The van der Waals surface area contributed by atoms with Crippen LogP contribution in [0.25, 0.3) is 6.08 Å². The van der Waals surface area contributed by atoms with E-state index in [0.29, 0.717) is 0 Å². The molecule has 2 heteroatoms. The third-order valence-corrected chi connectivity index (χ3v) is 2.71. The highest BCUT2D eigenvalue weighted by Crippen LogP contribution is 2.13. The van der Waals surface area contributed by atoms with Crippen LogP contribution in [-0.4, -0.2) is 16.8 Å². The lowest BCUT2D eigenvalue weighted by Crippen LogP contribution is -1.96. The summed E-state index contributed by atoms with van der Waals surface area (Å²) in [6.45, 7) is 2.88. The van der Waals surface area contributed by atoms with Gasteiger partial charge in [-0.15, -0.1) is 0 Å². The Kier molecular flexibility index (Phi) is 5.08. The molecule has 0 aromatic heterocycles. The van der Waals surface area contributed by atoms with E-state index in [4.69, 9.17) is 4.74 Å². The molecule has 0 N–H and O–H groups in total. The Bertz CT molecular complexity index is 277. The van der Waals surface area contributed by atoms with E-state index in [1.807, 2.05) is 25.1 Å². The molecule has 0 aliphatic rings. The number of allylic oxidation sites excluding steroid dienone is 1. The van der Waals surface area contributed by atoms with Gasteiger partial charge in [0, 0.05) is 10.2 Å². The molecule has 0 saturated carbocycles. The van der Waals surface area contributed by atoms with Gasteiger partial charge in [-0.1, -0.05) is 30.3 Å². The maximum Gasteiger partial charge on any atom is 0.119 e. The summed E-state index contributed by atoms with van der Waals surface area (Å²) in [6, 6.07) is 9.54. The molecular formula is C12H18OSi. The Morgan fingerprint density at radius 2 is 2.00 bits per heavy atom. The lowest BCUT2D eigenvalue weighted by Gasteiger charge is -2.04. The summed E-state index contributed by atoms with van der Waals surface area (Å²) in [5.41, 5.74) is 1.22. The second-order valence-electron chi connectivity index (χ2n) is 3.27. The number of benzene rings is 1. The SMILES string of the molecule is C/C=C/c1ccc(OCCC[SiH3])cc1. The maximum atomic E-state index is 5.58. The van der Waals surface area contributed by atoms with Gasteiger partial charge in [-0.05, 0) is 31.0 Å². The summed E-state index contributed by atoms with van der Waals surface area (Å²) in [5.74, 6) is 0.980. The molecule has 0 amide bonds. The highest BCUT2D eigenvalue weighted by molar-refractivity contribution is 6.08. The van der Waals surface area contributed by atoms with Crippen LogP contribution in [0.2, 0.25) is 6.04 Å². The van der Waals surface area contributed by atoms with Crippen molar-refractivity contribution in [2.24, 2.45) is 0 Å². The van der Waals surface area contributed by atoms with Gasteiger partial charge in [0.25, 0.3) is 0 Å². The van der Waals surface area contributed by atoms with Gasteiger partial charge in [0.05, 0.1) is 6.61 Å². The van der Waals surface area contributed by atoms with Crippen molar-refractivity contribution in [2.45, 2.75) is 19.4 Å². The molecule has 1 aromatic rings. The Balaban J connectivity index is 2.46. The van der Waals surface area contributed by atoms with Gasteiger partial charge in [-0.2, -0.15) is 0 Å². The van der Waals surface area contributed by atoms with Crippen LogP contribution in [0.5, 0.6) is 5.75 Å². The Hall–Kier alpha value is -1.02. The fourth-order valence-corrected chi connectivity index (χ4v) is 1.49. The lowest BCUT2D eigenvalue weighted by molar-refractivity contribution is 0.317. The molecule has 0 saturated heterocycles. The third-order valence-electron chi connectivity index (χ3n) is 2.01. The second kappa shape index (κ2) is 6.43. The first kappa shape index (κ1) is 11.1. The van der Waals surface area contributed by atoms with Crippen molar-refractivity contribution in [1.82, 2.24) is 0 Å². The molecule has 0 unspecified atom stereocenters. The first-order valence-corrected chi connectivity index (χ1v) is 6.63. The van der Waals surface area contributed by atoms with Gasteiger partial charge in [-0.3, -0.25) is 0 Å². The Morgan fingerprint density at radius 1 is 1.29 bits per heavy atom. The normalized spacial score (nSPS) is 10.9. The predicted octanol–water partition coefficient (Wildman–Crippen LogP) is 2.27. The van der Waals surface area contributed by atoms with Gasteiger partial charge in [0.1, 0.15) is 5.75 Å². The van der Waals surface area contributed by atoms with Crippen molar-refractivity contribution in [2.75, 3.05) is 6.61 Å². The smallest absolute Gasteiger partial charge is 0.119 e. The first-order valence-electron chi connectivity index (χ1n) is 5.22. The summed E-state index contributed by atoms with van der Waals surface area (Å²) in [5, 5.41) is 0. The largest absolute Gasteiger partial charge is 0.494 e. The molecule has 0 aliphatic carbocycles. The van der Waals surface area contributed by atoms with Crippen LogP contribution in [-0.2, 0) is 0 Å². The molecule has 0 fully saturated rings. The van der Waals surface area contributed by atoms with E-state index in [-0.39, 0.29) is 0 Å². The van der Waals surface area contributed by atoms with Gasteiger partial charge < -0.3 is 4.74 Å². The van der Waals surface area contributed by atoms with E-state index in [1.165, 1.54) is 28.3 Å². The molecule has 1 rings (SSSR count). The van der Waals surface area contributed by atoms with Crippen LogP contribution in [0.15, 0.2) is 30.3 Å². The van der Waals surface area contributed by atoms with Gasteiger partial charge in [-0.25, -0.2) is 0 Å². The van der Waals surface area contributed by atoms with Crippen molar-refractivity contribution in [1.29, 1.82) is 0 Å². The summed E-state index contributed by atoms with van der Waals surface area (Å²) in [6.07, 6.45) is 5.31. The van der Waals surface area contributed by atoms with Crippen LogP contribution in [0.1, 0.15) is 18.9 Å². The van der Waals surface area contributed by atoms with Gasteiger partial charge in [0.2, 0.25) is 0 Å².